The number of carbonyl (C=O) groups excluding carboxylic acids is 2. The molecule has 6 heteroatoms. The number of carbonyl (C=O) groups is 2. The highest BCUT2D eigenvalue weighted by atomic mass is 16.3. The lowest BCUT2D eigenvalue weighted by Gasteiger charge is -2.50. The van der Waals surface area contributed by atoms with Crippen molar-refractivity contribution in [3.8, 4) is 0 Å². The fourth-order valence-corrected chi connectivity index (χ4v) is 4.02. The van der Waals surface area contributed by atoms with Crippen LogP contribution in [0.15, 0.2) is 18.2 Å². The van der Waals surface area contributed by atoms with Gasteiger partial charge in [0, 0.05) is 44.7 Å². The normalized spacial score (nSPS) is 26.3. The Morgan fingerprint density at radius 2 is 1.92 bits per heavy atom. The average Bonchev–Trinajstić information content (AvgIpc) is 2.58. The molecule has 2 heterocycles. The van der Waals surface area contributed by atoms with Gasteiger partial charge in [0.1, 0.15) is 0 Å². The molecule has 0 aromatic heterocycles. The molecule has 2 saturated heterocycles. The van der Waals surface area contributed by atoms with E-state index in [1.54, 1.807) is 11.8 Å². The first-order valence-corrected chi connectivity index (χ1v) is 9.34. The SMILES string of the molecule is CC(=O)N1CC[C@]2(O)CCN(CC(=O)Nc3ccc(C)c(C)c3)C[C@H]2C1. The molecule has 2 atom stereocenters. The van der Waals surface area contributed by atoms with Crippen molar-refractivity contribution in [2.75, 3.05) is 38.0 Å². The number of fused-ring (bicyclic) bond motifs is 1. The summed E-state index contributed by atoms with van der Waals surface area (Å²) in [7, 11) is 0. The van der Waals surface area contributed by atoms with E-state index in [1.807, 2.05) is 32.0 Å². The lowest BCUT2D eigenvalue weighted by Crippen LogP contribution is -2.61. The molecule has 26 heavy (non-hydrogen) atoms. The number of nitrogens with zero attached hydrogens (tertiary/aromatic N) is 2. The maximum absolute atomic E-state index is 12.4. The molecule has 1 aromatic rings. The van der Waals surface area contributed by atoms with E-state index in [0.717, 1.165) is 11.3 Å². The molecule has 0 saturated carbocycles. The molecule has 6 nitrogen and oxygen atoms in total. The molecule has 0 aliphatic carbocycles. The molecule has 0 spiro atoms. The van der Waals surface area contributed by atoms with Crippen molar-refractivity contribution >= 4 is 17.5 Å². The molecule has 2 N–H and O–H groups in total. The van der Waals surface area contributed by atoms with E-state index in [0.29, 0.717) is 45.6 Å². The first kappa shape index (κ1) is 18.9. The summed E-state index contributed by atoms with van der Waals surface area (Å²) < 4.78 is 0. The average molecular weight is 359 g/mol. The number of aryl methyl sites for hydroxylation is 2. The molecule has 0 unspecified atom stereocenters. The Morgan fingerprint density at radius 1 is 1.19 bits per heavy atom. The fraction of sp³-hybridized carbons (Fsp3) is 0.600. The van der Waals surface area contributed by atoms with E-state index < -0.39 is 5.60 Å². The first-order chi connectivity index (χ1) is 12.3. The van der Waals surface area contributed by atoms with Gasteiger partial charge in [-0.3, -0.25) is 14.5 Å². The molecule has 2 amide bonds. The van der Waals surface area contributed by atoms with Crippen LogP contribution >= 0.6 is 0 Å². The Labute approximate surface area is 155 Å². The first-order valence-electron chi connectivity index (χ1n) is 9.34. The van der Waals surface area contributed by atoms with E-state index in [9.17, 15) is 14.7 Å². The van der Waals surface area contributed by atoms with Crippen molar-refractivity contribution in [2.45, 2.75) is 39.2 Å². The molecule has 2 aliphatic heterocycles. The zero-order valence-electron chi connectivity index (χ0n) is 15.9. The minimum absolute atomic E-state index is 0.00307. The lowest BCUT2D eigenvalue weighted by atomic mass is 9.75. The van der Waals surface area contributed by atoms with Gasteiger partial charge in [-0.15, -0.1) is 0 Å². The highest BCUT2D eigenvalue weighted by molar-refractivity contribution is 5.92. The smallest absolute Gasteiger partial charge is 0.238 e. The molecule has 1 aromatic carbocycles. The summed E-state index contributed by atoms with van der Waals surface area (Å²) in [6, 6.07) is 5.90. The van der Waals surface area contributed by atoms with Gasteiger partial charge >= 0.3 is 0 Å². The summed E-state index contributed by atoms with van der Waals surface area (Å²) in [5.41, 5.74) is 2.46. The third-order valence-electron chi connectivity index (χ3n) is 5.96. The largest absolute Gasteiger partial charge is 0.389 e. The van der Waals surface area contributed by atoms with Crippen molar-refractivity contribution in [2.24, 2.45) is 5.92 Å². The minimum Gasteiger partial charge on any atom is -0.389 e. The van der Waals surface area contributed by atoms with Gasteiger partial charge < -0.3 is 15.3 Å². The van der Waals surface area contributed by atoms with Gasteiger partial charge in [-0.2, -0.15) is 0 Å². The van der Waals surface area contributed by atoms with Gasteiger partial charge in [-0.25, -0.2) is 0 Å². The third-order valence-corrected chi connectivity index (χ3v) is 5.96. The molecule has 0 radical (unpaired) electrons. The van der Waals surface area contributed by atoms with Gasteiger partial charge in [-0.05, 0) is 49.9 Å². The van der Waals surface area contributed by atoms with E-state index in [1.165, 1.54) is 5.56 Å². The summed E-state index contributed by atoms with van der Waals surface area (Å²) in [5, 5.41) is 13.8. The molecule has 142 valence electrons. The monoisotopic (exact) mass is 359 g/mol. The van der Waals surface area contributed by atoms with Crippen LogP contribution in [0.2, 0.25) is 0 Å². The van der Waals surface area contributed by atoms with Crippen molar-refractivity contribution in [1.82, 2.24) is 9.80 Å². The number of hydrogen-bond donors (Lipinski definition) is 2. The van der Waals surface area contributed by atoms with E-state index in [4.69, 9.17) is 0 Å². The fourth-order valence-electron chi connectivity index (χ4n) is 4.02. The van der Waals surface area contributed by atoms with Crippen LogP contribution in [0.1, 0.15) is 30.9 Å². The van der Waals surface area contributed by atoms with Crippen LogP contribution in [0.3, 0.4) is 0 Å². The quantitative estimate of drug-likeness (QED) is 0.859. The van der Waals surface area contributed by atoms with Gasteiger partial charge in [-0.1, -0.05) is 6.07 Å². The molecule has 2 aliphatic rings. The van der Waals surface area contributed by atoms with Crippen LogP contribution in [0.4, 0.5) is 5.69 Å². The number of benzene rings is 1. The Bertz CT molecular complexity index is 706. The van der Waals surface area contributed by atoms with Crippen LogP contribution in [-0.4, -0.2) is 65.0 Å². The highest BCUT2D eigenvalue weighted by Gasteiger charge is 2.45. The summed E-state index contributed by atoms with van der Waals surface area (Å²) >= 11 is 0. The molecular formula is C20H29N3O3. The van der Waals surface area contributed by atoms with Gasteiger partial charge in [0.25, 0.3) is 0 Å². The minimum atomic E-state index is -0.701. The zero-order chi connectivity index (χ0) is 18.9. The number of likely N-dealkylation sites (tertiary alicyclic amines) is 2. The van der Waals surface area contributed by atoms with Crippen LogP contribution < -0.4 is 5.32 Å². The van der Waals surface area contributed by atoms with E-state index in [2.05, 4.69) is 10.2 Å². The summed E-state index contributed by atoms with van der Waals surface area (Å²) in [4.78, 5) is 28.0. The van der Waals surface area contributed by atoms with Crippen molar-refractivity contribution < 1.29 is 14.7 Å². The highest BCUT2D eigenvalue weighted by Crippen LogP contribution is 2.35. The second kappa shape index (κ2) is 7.37. The Morgan fingerprint density at radius 3 is 2.62 bits per heavy atom. The predicted molar refractivity (Wildman–Crippen MR) is 101 cm³/mol. The molecular weight excluding hydrogens is 330 g/mol. The predicted octanol–water partition coefficient (Wildman–Crippen LogP) is 1.55. The van der Waals surface area contributed by atoms with Crippen LogP contribution in [0, 0.1) is 19.8 Å². The molecule has 3 rings (SSSR count). The van der Waals surface area contributed by atoms with Crippen LogP contribution in [0.25, 0.3) is 0 Å². The Balaban J connectivity index is 1.57. The Kier molecular flexibility index (Phi) is 5.34. The van der Waals surface area contributed by atoms with Crippen molar-refractivity contribution in [3.63, 3.8) is 0 Å². The van der Waals surface area contributed by atoms with E-state index >= 15 is 0 Å². The number of amides is 2. The summed E-state index contributed by atoms with van der Waals surface area (Å²) in [6.45, 7) is 8.48. The van der Waals surface area contributed by atoms with Crippen molar-refractivity contribution in [1.29, 1.82) is 0 Å². The number of piperidine rings is 2. The third kappa shape index (κ3) is 4.07. The number of hydrogen-bond acceptors (Lipinski definition) is 4. The van der Waals surface area contributed by atoms with Crippen LogP contribution in [-0.2, 0) is 9.59 Å². The number of rotatable bonds is 3. The number of anilines is 1. The number of nitrogens with one attached hydrogen (secondary N) is 1. The summed E-state index contributed by atoms with van der Waals surface area (Å²) in [5.74, 6) is 0.0119. The van der Waals surface area contributed by atoms with Gasteiger partial charge in [0.15, 0.2) is 0 Å². The second-order valence-electron chi connectivity index (χ2n) is 7.85. The Hall–Kier alpha value is -1.92. The molecule has 2 fully saturated rings. The maximum atomic E-state index is 12.4. The van der Waals surface area contributed by atoms with E-state index in [-0.39, 0.29) is 17.7 Å². The second-order valence-corrected chi connectivity index (χ2v) is 7.85. The zero-order valence-corrected chi connectivity index (χ0v) is 15.9. The van der Waals surface area contributed by atoms with Gasteiger partial charge in [0.05, 0.1) is 12.1 Å². The topological polar surface area (TPSA) is 72.9 Å². The van der Waals surface area contributed by atoms with Gasteiger partial charge in [0.2, 0.25) is 11.8 Å². The number of aliphatic hydroxyl groups is 1. The van der Waals surface area contributed by atoms with Crippen molar-refractivity contribution in [3.05, 3.63) is 29.3 Å². The van der Waals surface area contributed by atoms with Crippen LogP contribution in [0.5, 0.6) is 0 Å². The maximum Gasteiger partial charge on any atom is 0.238 e. The lowest BCUT2D eigenvalue weighted by molar-refractivity contribution is -0.146. The summed E-state index contributed by atoms with van der Waals surface area (Å²) in [6.07, 6.45) is 1.28. The molecule has 0 bridgehead atoms. The standard InChI is InChI=1S/C20H29N3O3/c1-14-4-5-18(10-15(14)2)21-19(25)13-22-8-6-20(26)7-9-23(16(3)24)12-17(20)11-22/h4-5,10,17,26H,6-9,11-13H2,1-3H3,(H,21,25)/t17-,20+/m0/s1.